The topological polar surface area (TPSA) is 118 Å². The number of non-ortho nitro benzene ring substituents is 1. The Labute approximate surface area is 209 Å². The maximum Gasteiger partial charge on any atom is 0.274 e. The second-order valence-corrected chi connectivity index (χ2v) is 9.55. The second-order valence-electron chi connectivity index (χ2n) is 8.70. The number of Topliss-reactive ketones (excluding diaryl/α,β-unsaturated/α-hetero) is 1. The summed E-state index contributed by atoms with van der Waals surface area (Å²) in [6.45, 7) is -0.644. The summed E-state index contributed by atoms with van der Waals surface area (Å²) < 4.78 is 0. The molecule has 35 heavy (non-hydrogen) atoms. The van der Waals surface area contributed by atoms with E-state index in [1.165, 1.54) is 30.3 Å². The van der Waals surface area contributed by atoms with Crippen LogP contribution >= 0.6 is 23.2 Å². The Morgan fingerprint density at radius 1 is 1.00 bits per heavy atom. The van der Waals surface area contributed by atoms with Gasteiger partial charge in [0.25, 0.3) is 23.4 Å². The number of hydrazine groups is 1. The molecule has 4 atom stereocenters. The summed E-state index contributed by atoms with van der Waals surface area (Å²) >= 11 is 12.2. The van der Waals surface area contributed by atoms with Gasteiger partial charge in [-0.15, -0.1) is 0 Å². The van der Waals surface area contributed by atoms with Crippen LogP contribution in [0.3, 0.4) is 0 Å². The van der Waals surface area contributed by atoms with Crippen molar-refractivity contribution in [1.29, 1.82) is 0 Å². The molecule has 9 nitrogen and oxygen atoms in total. The molecule has 1 saturated carbocycles. The molecule has 3 amide bonds. The summed E-state index contributed by atoms with van der Waals surface area (Å²) in [7, 11) is 0. The zero-order valence-electron chi connectivity index (χ0n) is 18.0. The molecule has 2 fully saturated rings. The summed E-state index contributed by atoms with van der Waals surface area (Å²) in [5.74, 6) is -3.84. The first kappa shape index (κ1) is 23.2. The summed E-state index contributed by atoms with van der Waals surface area (Å²) in [5.41, 5.74) is -0.161. The quantitative estimate of drug-likeness (QED) is 0.189. The molecule has 2 aromatic carbocycles. The molecule has 5 rings (SSSR count). The van der Waals surface area contributed by atoms with E-state index in [0.29, 0.717) is 6.42 Å². The third-order valence-electron chi connectivity index (χ3n) is 6.78. The lowest BCUT2D eigenvalue weighted by Crippen LogP contribution is -2.52. The monoisotopic (exact) mass is 513 g/mol. The minimum atomic E-state index is -0.816. The fourth-order valence-corrected chi connectivity index (χ4v) is 5.65. The van der Waals surface area contributed by atoms with E-state index < -0.39 is 46.8 Å². The molecule has 1 heterocycles. The molecule has 11 heteroatoms. The standard InChI is InChI=1S/C24H17Cl2N3O6/c25-15-5-8-17(18(26)10-15)22(31)27(11-19(30)12-3-6-16(7-4-12)29(34)35)28-23(32)20-13-1-2-14(9-13)21(20)24(28)33/h1-8,10,13-14,20-21H,9,11H2/t13-,14+,20-,21+. The molecule has 0 aromatic heterocycles. The van der Waals surface area contributed by atoms with Gasteiger partial charge in [0.1, 0.15) is 6.54 Å². The van der Waals surface area contributed by atoms with Crippen molar-refractivity contribution in [3.63, 3.8) is 0 Å². The summed E-state index contributed by atoms with van der Waals surface area (Å²) in [5, 5.41) is 12.8. The maximum atomic E-state index is 13.6. The van der Waals surface area contributed by atoms with Gasteiger partial charge in [-0.1, -0.05) is 35.4 Å². The zero-order valence-corrected chi connectivity index (χ0v) is 19.5. The Morgan fingerprint density at radius 3 is 2.14 bits per heavy atom. The highest BCUT2D eigenvalue weighted by Gasteiger charge is 2.61. The van der Waals surface area contributed by atoms with Gasteiger partial charge in [0.05, 0.1) is 27.3 Å². The number of hydrogen-bond donors (Lipinski definition) is 0. The molecule has 0 N–H and O–H groups in total. The number of carbonyl (C=O) groups is 4. The van der Waals surface area contributed by atoms with Crippen LogP contribution in [0.2, 0.25) is 10.0 Å². The van der Waals surface area contributed by atoms with Gasteiger partial charge in [0.2, 0.25) is 0 Å². The van der Waals surface area contributed by atoms with Crippen molar-refractivity contribution in [2.24, 2.45) is 23.7 Å². The number of nitrogens with zero attached hydrogens (tertiary/aromatic N) is 3. The number of benzene rings is 2. The number of ketones is 1. The van der Waals surface area contributed by atoms with Crippen LogP contribution in [0.25, 0.3) is 0 Å². The second kappa shape index (κ2) is 8.58. The Balaban J connectivity index is 1.50. The summed E-state index contributed by atoms with van der Waals surface area (Å²) in [6, 6.07) is 8.97. The lowest BCUT2D eigenvalue weighted by molar-refractivity contribution is -0.384. The van der Waals surface area contributed by atoms with Gasteiger partial charge >= 0.3 is 0 Å². The van der Waals surface area contributed by atoms with Gasteiger partial charge in [-0.2, -0.15) is 5.01 Å². The van der Waals surface area contributed by atoms with Crippen LogP contribution in [0.5, 0.6) is 0 Å². The van der Waals surface area contributed by atoms with Crippen LogP contribution in [0.1, 0.15) is 27.1 Å². The Kier molecular flexibility index (Phi) is 5.69. The van der Waals surface area contributed by atoms with Crippen LogP contribution in [-0.4, -0.2) is 45.0 Å². The number of rotatable bonds is 6. The predicted octanol–water partition coefficient (Wildman–Crippen LogP) is 3.95. The number of hydrogen-bond acceptors (Lipinski definition) is 6. The highest BCUT2D eigenvalue weighted by molar-refractivity contribution is 6.36. The first-order valence-corrected chi connectivity index (χ1v) is 11.5. The molecule has 0 unspecified atom stereocenters. The molecule has 2 bridgehead atoms. The number of nitro benzene ring substituents is 1. The number of halogens is 2. The number of allylic oxidation sites excluding steroid dienone is 2. The van der Waals surface area contributed by atoms with Crippen LogP contribution in [0.15, 0.2) is 54.6 Å². The first-order chi connectivity index (χ1) is 16.7. The summed E-state index contributed by atoms with van der Waals surface area (Å²) in [6.07, 6.45) is 4.55. The fourth-order valence-electron chi connectivity index (χ4n) is 5.16. The number of imide groups is 1. The van der Waals surface area contributed by atoms with E-state index in [2.05, 4.69) is 0 Å². The van der Waals surface area contributed by atoms with E-state index in [-0.39, 0.29) is 38.7 Å². The molecule has 3 aliphatic rings. The Bertz CT molecular complexity index is 1300. The molecular weight excluding hydrogens is 497 g/mol. The van der Waals surface area contributed by atoms with Crippen molar-refractivity contribution in [2.75, 3.05) is 6.54 Å². The van der Waals surface area contributed by atoms with Crippen LogP contribution in [0.4, 0.5) is 5.69 Å². The smallest absolute Gasteiger partial charge is 0.274 e. The normalized spacial score (nSPS) is 24.1. The van der Waals surface area contributed by atoms with Crippen LogP contribution < -0.4 is 0 Å². The van der Waals surface area contributed by atoms with Crippen molar-refractivity contribution >= 4 is 52.4 Å². The molecular formula is C24H17Cl2N3O6. The lowest BCUT2D eigenvalue weighted by atomic mass is 9.85. The molecule has 0 spiro atoms. The van der Waals surface area contributed by atoms with Crippen molar-refractivity contribution < 1.29 is 24.1 Å². The van der Waals surface area contributed by atoms with Gasteiger partial charge < -0.3 is 0 Å². The van der Waals surface area contributed by atoms with E-state index in [1.807, 2.05) is 12.2 Å². The average molecular weight is 514 g/mol. The number of nitro groups is 1. The Hall–Kier alpha value is -3.56. The predicted molar refractivity (Wildman–Crippen MR) is 124 cm³/mol. The highest BCUT2D eigenvalue weighted by atomic mass is 35.5. The van der Waals surface area contributed by atoms with E-state index in [9.17, 15) is 29.3 Å². The molecule has 1 saturated heterocycles. The van der Waals surface area contributed by atoms with Gasteiger partial charge in [0.15, 0.2) is 5.78 Å². The van der Waals surface area contributed by atoms with Crippen molar-refractivity contribution in [3.05, 3.63) is 85.9 Å². The highest BCUT2D eigenvalue weighted by Crippen LogP contribution is 2.52. The summed E-state index contributed by atoms with van der Waals surface area (Å²) in [4.78, 5) is 63.7. The zero-order chi connectivity index (χ0) is 25.0. The van der Waals surface area contributed by atoms with Crippen molar-refractivity contribution in [3.8, 4) is 0 Å². The molecule has 2 aromatic rings. The van der Waals surface area contributed by atoms with Crippen LogP contribution in [-0.2, 0) is 9.59 Å². The first-order valence-electron chi connectivity index (χ1n) is 10.8. The van der Waals surface area contributed by atoms with Gasteiger partial charge in [0, 0.05) is 22.7 Å². The van der Waals surface area contributed by atoms with E-state index >= 15 is 0 Å². The average Bonchev–Trinajstić information content (AvgIpc) is 3.51. The SMILES string of the molecule is O=C(CN(C(=O)c1ccc(Cl)cc1Cl)N1C(=O)[C@@H]2[C@H](C1=O)[C@@H]1C=C[C@H]2C1)c1ccc([N+](=O)[O-])cc1. The van der Waals surface area contributed by atoms with Gasteiger partial charge in [-0.05, 0) is 48.6 Å². The number of carbonyl (C=O) groups excluding carboxylic acids is 4. The Morgan fingerprint density at radius 2 is 1.60 bits per heavy atom. The van der Waals surface area contributed by atoms with Gasteiger partial charge in [-0.3, -0.25) is 29.3 Å². The van der Waals surface area contributed by atoms with Crippen molar-refractivity contribution in [1.82, 2.24) is 10.0 Å². The van der Waals surface area contributed by atoms with E-state index in [4.69, 9.17) is 23.2 Å². The minimum absolute atomic E-state index is 0.00342. The molecule has 0 radical (unpaired) electrons. The molecule has 1 aliphatic heterocycles. The maximum absolute atomic E-state index is 13.6. The molecule has 2 aliphatic carbocycles. The third-order valence-corrected chi connectivity index (χ3v) is 7.33. The lowest BCUT2D eigenvalue weighted by Gasteiger charge is -2.31. The van der Waals surface area contributed by atoms with Gasteiger partial charge in [-0.25, -0.2) is 5.01 Å². The minimum Gasteiger partial charge on any atom is -0.292 e. The van der Waals surface area contributed by atoms with E-state index in [0.717, 1.165) is 22.2 Å². The molecule has 178 valence electrons. The number of fused-ring (bicyclic) bond motifs is 5. The fraction of sp³-hybridized carbons (Fsp3) is 0.250. The van der Waals surface area contributed by atoms with E-state index in [1.54, 1.807) is 0 Å². The third kappa shape index (κ3) is 3.81. The van der Waals surface area contributed by atoms with Crippen molar-refractivity contribution in [2.45, 2.75) is 6.42 Å². The largest absolute Gasteiger partial charge is 0.292 e. The van der Waals surface area contributed by atoms with Crippen LogP contribution in [0, 0.1) is 33.8 Å². The number of amides is 3.